The molecule has 1 N–H and O–H groups in total. The Labute approximate surface area is 125 Å². The molecule has 0 saturated heterocycles. The highest BCUT2D eigenvalue weighted by Crippen LogP contribution is 2.33. The predicted octanol–water partition coefficient (Wildman–Crippen LogP) is 5.06. The van der Waals surface area contributed by atoms with Crippen molar-refractivity contribution in [1.29, 1.82) is 0 Å². The Morgan fingerprint density at radius 3 is 2.21 bits per heavy atom. The molecule has 19 heavy (non-hydrogen) atoms. The van der Waals surface area contributed by atoms with Crippen LogP contribution in [0.3, 0.4) is 0 Å². The fraction of sp³-hybridized carbons (Fsp3) is 0.143. The van der Waals surface area contributed by atoms with Crippen molar-refractivity contribution in [3.8, 4) is 0 Å². The van der Waals surface area contributed by atoms with Gasteiger partial charge in [0.05, 0.1) is 11.1 Å². The van der Waals surface area contributed by atoms with E-state index in [2.05, 4.69) is 0 Å². The molecule has 2 aromatic rings. The molecule has 0 bridgehead atoms. The monoisotopic (exact) mass is 318 g/mol. The van der Waals surface area contributed by atoms with Crippen LogP contribution < -0.4 is 0 Å². The van der Waals surface area contributed by atoms with E-state index in [0.29, 0.717) is 21.2 Å². The third-order valence-corrected chi connectivity index (χ3v) is 3.86. The van der Waals surface area contributed by atoms with E-state index in [1.807, 2.05) is 0 Å². The lowest BCUT2D eigenvalue weighted by atomic mass is 10.0. The summed E-state index contributed by atoms with van der Waals surface area (Å²) in [5, 5.41) is 10.9. The van der Waals surface area contributed by atoms with E-state index in [1.165, 1.54) is 12.1 Å². The Bertz CT molecular complexity index is 581. The second-order valence-corrected chi connectivity index (χ2v) is 5.26. The Hall–Kier alpha value is -0.800. The van der Waals surface area contributed by atoms with Crippen LogP contribution in [-0.4, -0.2) is 5.11 Å². The normalized spacial score (nSPS) is 12.5. The fourth-order valence-corrected chi connectivity index (χ4v) is 2.70. The summed E-state index contributed by atoms with van der Waals surface area (Å²) in [6, 6.07) is 9.42. The number of halogens is 4. The van der Waals surface area contributed by atoms with Gasteiger partial charge in [-0.2, -0.15) is 0 Å². The standard InChI is InChI=1S/C14H10Cl3FO/c15-9-4-2-5-10(16)13(9)12(19)7-8-3-1-6-11(18)14(8)17/h1-6,12,19H,7H2. The van der Waals surface area contributed by atoms with Gasteiger partial charge in [-0.3, -0.25) is 0 Å². The summed E-state index contributed by atoms with van der Waals surface area (Å²) in [5.74, 6) is -0.517. The molecule has 1 atom stereocenters. The zero-order chi connectivity index (χ0) is 14.0. The molecule has 1 unspecified atom stereocenters. The van der Waals surface area contributed by atoms with Crippen LogP contribution in [0, 0.1) is 5.82 Å². The van der Waals surface area contributed by atoms with Crippen LogP contribution in [0.2, 0.25) is 15.1 Å². The maximum Gasteiger partial charge on any atom is 0.142 e. The van der Waals surface area contributed by atoms with Crippen molar-refractivity contribution in [2.75, 3.05) is 0 Å². The quantitative estimate of drug-likeness (QED) is 0.838. The maximum atomic E-state index is 13.3. The first-order chi connectivity index (χ1) is 9.00. The van der Waals surface area contributed by atoms with E-state index in [4.69, 9.17) is 34.8 Å². The molecule has 0 aliphatic rings. The largest absolute Gasteiger partial charge is 0.388 e. The average molecular weight is 320 g/mol. The summed E-state index contributed by atoms with van der Waals surface area (Å²) in [5.41, 5.74) is 0.927. The molecule has 0 radical (unpaired) electrons. The summed E-state index contributed by atoms with van der Waals surface area (Å²) >= 11 is 17.9. The number of aliphatic hydroxyl groups is 1. The van der Waals surface area contributed by atoms with E-state index in [1.54, 1.807) is 24.3 Å². The number of aliphatic hydroxyl groups excluding tert-OH is 1. The Balaban J connectivity index is 2.31. The second-order valence-electron chi connectivity index (χ2n) is 4.07. The minimum atomic E-state index is -0.944. The van der Waals surface area contributed by atoms with Crippen molar-refractivity contribution in [2.45, 2.75) is 12.5 Å². The van der Waals surface area contributed by atoms with Gasteiger partial charge in [-0.1, -0.05) is 53.0 Å². The van der Waals surface area contributed by atoms with Crippen LogP contribution in [-0.2, 0) is 6.42 Å². The minimum Gasteiger partial charge on any atom is -0.388 e. The molecule has 2 rings (SSSR count). The molecule has 0 aromatic heterocycles. The molecule has 5 heteroatoms. The first kappa shape index (κ1) is 14.6. The van der Waals surface area contributed by atoms with Crippen molar-refractivity contribution < 1.29 is 9.50 Å². The van der Waals surface area contributed by atoms with Crippen LogP contribution >= 0.6 is 34.8 Å². The van der Waals surface area contributed by atoms with Gasteiger partial charge >= 0.3 is 0 Å². The number of hydrogen-bond acceptors (Lipinski definition) is 1. The van der Waals surface area contributed by atoms with E-state index < -0.39 is 11.9 Å². The topological polar surface area (TPSA) is 20.2 Å². The third kappa shape index (κ3) is 3.21. The van der Waals surface area contributed by atoms with Gasteiger partial charge in [0, 0.05) is 22.0 Å². The molecule has 1 nitrogen and oxygen atoms in total. The highest BCUT2D eigenvalue weighted by Gasteiger charge is 2.18. The maximum absolute atomic E-state index is 13.3. The molecule has 0 saturated carbocycles. The first-order valence-electron chi connectivity index (χ1n) is 5.55. The molecule has 0 amide bonds. The van der Waals surface area contributed by atoms with Gasteiger partial charge in [0.25, 0.3) is 0 Å². The minimum absolute atomic E-state index is 0.00438. The summed E-state index contributed by atoms with van der Waals surface area (Å²) in [6.07, 6.45) is -0.805. The van der Waals surface area contributed by atoms with Gasteiger partial charge in [0.2, 0.25) is 0 Å². The molecule has 0 heterocycles. The Morgan fingerprint density at radius 1 is 1.00 bits per heavy atom. The lowest BCUT2D eigenvalue weighted by Crippen LogP contribution is -2.04. The molecular formula is C14H10Cl3FO. The number of benzene rings is 2. The van der Waals surface area contributed by atoms with Gasteiger partial charge in [0.15, 0.2) is 0 Å². The summed E-state index contributed by atoms with van der Waals surface area (Å²) in [6.45, 7) is 0. The van der Waals surface area contributed by atoms with Gasteiger partial charge in [0.1, 0.15) is 5.82 Å². The number of rotatable bonds is 3. The van der Waals surface area contributed by atoms with Crippen LogP contribution in [0.25, 0.3) is 0 Å². The molecule has 0 spiro atoms. The van der Waals surface area contributed by atoms with E-state index >= 15 is 0 Å². The lowest BCUT2D eigenvalue weighted by molar-refractivity contribution is 0.178. The molecular weight excluding hydrogens is 310 g/mol. The van der Waals surface area contributed by atoms with Crippen LogP contribution in [0.5, 0.6) is 0 Å². The summed E-state index contributed by atoms with van der Waals surface area (Å²) < 4.78 is 13.3. The molecule has 0 aliphatic heterocycles. The van der Waals surface area contributed by atoms with Crippen molar-refractivity contribution in [2.24, 2.45) is 0 Å². The van der Waals surface area contributed by atoms with E-state index in [0.717, 1.165) is 0 Å². The van der Waals surface area contributed by atoms with Crippen molar-refractivity contribution in [3.05, 3.63) is 68.4 Å². The first-order valence-corrected chi connectivity index (χ1v) is 6.69. The Kier molecular flexibility index (Phi) is 4.69. The van der Waals surface area contributed by atoms with Crippen molar-refractivity contribution in [1.82, 2.24) is 0 Å². The van der Waals surface area contributed by atoms with Gasteiger partial charge in [-0.05, 0) is 23.8 Å². The van der Waals surface area contributed by atoms with Crippen LogP contribution in [0.4, 0.5) is 4.39 Å². The molecule has 0 aliphatic carbocycles. The lowest BCUT2D eigenvalue weighted by Gasteiger charge is -2.15. The predicted molar refractivity (Wildman–Crippen MR) is 76.5 cm³/mol. The highest BCUT2D eigenvalue weighted by molar-refractivity contribution is 6.36. The van der Waals surface area contributed by atoms with Gasteiger partial charge in [-0.15, -0.1) is 0 Å². The van der Waals surface area contributed by atoms with Gasteiger partial charge in [-0.25, -0.2) is 4.39 Å². The van der Waals surface area contributed by atoms with E-state index in [9.17, 15) is 9.50 Å². The smallest absolute Gasteiger partial charge is 0.142 e. The third-order valence-electron chi connectivity index (χ3n) is 2.78. The van der Waals surface area contributed by atoms with Crippen molar-refractivity contribution >= 4 is 34.8 Å². The Morgan fingerprint density at radius 2 is 1.58 bits per heavy atom. The molecule has 2 aromatic carbocycles. The second kappa shape index (κ2) is 6.10. The van der Waals surface area contributed by atoms with Gasteiger partial charge < -0.3 is 5.11 Å². The molecule has 0 fully saturated rings. The summed E-state index contributed by atoms with van der Waals surface area (Å²) in [7, 11) is 0. The van der Waals surface area contributed by atoms with E-state index in [-0.39, 0.29) is 11.4 Å². The fourth-order valence-electron chi connectivity index (χ4n) is 1.85. The number of hydrogen-bond donors (Lipinski definition) is 1. The zero-order valence-corrected chi connectivity index (χ0v) is 12.0. The van der Waals surface area contributed by atoms with Crippen LogP contribution in [0.1, 0.15) is 17.2 Å². The van der Waals surface area contributed by atoms with Crippen LogP contribution in [0.15, 0.2) is 36.4 Å². The zero-order valence-electron chi connectivity index (χ0n) is 9.71. The average Bonchev–Trinajstić information content (AvgIpc) is 2.35. The summed E-state index contributed by atoms with van der Waals surface area (Å²) in [4.78, 5) is 0. The molecule has 100 valence electrons. The highest BCUT2D eigenvalue weighted by atomic mass is 35.5. The van der Waals surface area contributed by atoms with Crippen molar-refractivity contribution in [3.63, 3.8) is 0 Å². The SMILES string of the molecule is OC(Cc1cccc(F)c1Cl)c1c(Cl)cccc1Cl.